The van der Waals surface area contributed by atoms with E-state index in [-0.39, 0.29) is 11.3 Å². The first-order valence-electron chi connectivity index (χ1n) is 7.28. The van der Waals surface area contributed by atoms with Crippen molar-refractivity contribution < 1.29 is 14.7 Å². The van der Waals surface area contributed by atoms with Crippen molar-refractivity contribution >= 4 is 17.6 Å². The summed E-state index contributed by atoms with van der Waals surface area (Å²) in [4.78, 5) is 23.5. The predicted molar refractivity (Wildman–Crippen MR) is 90.0 cm³/mol. The summed E-state index contributed by atoms with van der Waals surface area (Å²) in [6.07, 6.45) is 1.25. The standard InChI is InChI=1S/C18H15N3O3/c1-21-16(18(23)24)15(11-19-21)17(22)20-14-9-7-13(8-10-14)12-5-3-2-4-6-12/h2-11H,1H3,(H,20,22)(H,23,24). The fourth-order valence-electron chi connectivity index (χ4n) is 2.43. The van der Waals surface area contributed by atoms with Gasteiger partial charge in [0.25, 0.3) is 5.91 Å². The van der Waals surface area contributed by atoms with Gasteiger partial charge < -0.3 is 10.4 Å². The van der Waals surface area contributed by atoms with E-state index in [0.717, 1.165) is 15.8 Å². The van der Waals surface area contributed by atoms with Gasteiger partial charge in [0.1, 0.15) is 0 Å². The van der Waals surface area contributed by atoms with E-state index in [0.29, 0.717) is 5.69 Å². The molecule has 1 aromatic heterocycles. The van der Waals surface area contributed by atoms with Gasteiger partial charge in [-0.3, -0.25) is 9.48 Å². The molecule has 3 aromatic rings. The Morgan fingerprint density at radius 3 is 2.25 bits per heavy atom. The Balaban J connectivity index is 1.79. The molecule has 3 rings (SSSR count). The van der Waals surface area contributed by atoms with Gasteiger partial charge in [-0.25, -0.2) is 4.79 Å². The number of carboxylic acids is 1. The molecule has 0 atom stereocenters. The largest absolute Gasteiger partial charge is 0.477 e. The Labute approximate surface area is 138 Å². The molecule has 0 saturated carbocycles. The summed E-state index contributed by atoms with van der Waals surface area (Å²) in [5, 5.41) is 15.7. The van der Waals surface area contributed by atoms with Crippen molar-refractivity contribution in [2.45, 2.75) is 0 Å². The van der Waals surface area contributed by atoms with Gasteiger partial charge in [-0.1, -0.05) is 42.5 Å². The first-order chi connectivity index (χ1) is 11.6. The summed E-state index contributed by atoms with van der Waals surface area (Å²) in [7, 11) is 1.48. The van der Waals surface area contributed by atoms with Gasteiger partial charge >= 0.3 is 5.97 Å². The van der Waals surface area contributed by atoms with Gasteiger partial charge in [-0.2, -0.15) is 5.10 Å². The second kappa shape index (κ2) is 6.37. The van der Waals surface area contributed by atoms with Gasteiger partial charge in [0.15, 0.2) is 5.69 Å². The zero-order valence-electron chi connectivity index (χ0n) is 12.9. The second-order valence-electron chi connectivity index (χ2n) is 5.23. The first-order valence-corrected chi connectivity index (χ1v) is 7.28. The van der Waals surface area contributed by atoms with Crippen molar-refractivity contribution in [2.75, 3.05) is 5.32 Å². The van der Waals surface area contributed by atoms with Crippen molar-refractivity contribution in [3.8, 4) is 11.1 Å². The maximum absolute atomic E-state index is 12.3. The molecule has 0 aliphatic carbocycles. The molecule has 24 heavy (non-hydrogen) atoms. The number of carbonyl (C=O) groups excluding carboxylic acids is 1. The number of rotatable bonds is 4. The van der Waals surface area contributed by atoms with Crippen LogP contribution in [0.5, 0.6) is 0 Å². The molecular weight excluding hydrogens is 306 g/mol. The molecule has 1 amide bonds. The number of hydrogen-bond donors (Lipinski definition) is 2. The third-order valence-electron chi connectivity index (χ3n) is 3.64. The van der Waals surface area contributed by atoms with Crippen LogP contribution >= 0.6 is 0 Å². The van der Waals surface area contributed by atoms with Gasteiger partial charge in [-0.05, 0) is 23.3 Å². The summed E-state index contributed by atoms with van der Waals surface area (Å²) >= 11 is 0. The molecule has 2 aromatic carbocycles. The van der Waals surface area contributed by atoms with Crippen LogP contribution in [0.4, 0.5) is 5.69 Å². The minimum atomic E-state index is -1.19. The number of carboxylic acid groups (broad SMARTS) is 1. The zero-order chi connectivity index (χ0) is 17.1. The van der Waals surface area contributed by atoms with E-state index >= 15 is 0 Å². The van der Waals surface area contributed by atoms with Crippen LogP contribution in [0.3, 0.4) is 0 Å². The highest BCUT2D eigenvalue weighted by molar-refractivity contribution is 6.10. The van der Waals surface area contributed by atoms with Gasteiger partial charge in [0, 0.05) is 12.7 Å². The van der Waals surface area contributed by atoms with Gasteiger partial charge in [-0.15, -0.1) is 0 Å². The number of nitrogens with one attached hydrogen (secondary N) is 1. The molecular formula is C18H15N3O3. The Kier molecular flexibility index (Phi) is 4.11. The third-order valence-corrected chi connectivity index (χ3v) is 3.64. The van der Waals surface area contributed by atoms with Crippen LogP contribution in [0.2, 0.25) is 0 Å². The summed E-state index contributed by atoms with van der Waals surface area (Å²) in [6, 6.07) is 17.2. The molecule has 0 aliphatic rings. The van der Waals surface area contributed by atoms with Gasteiger partial charge in [0.05, 0.1) is 11.8 Å². The van der Waals surface area contributed by atoms with Gasteiger partial charge in [0.2, 0.25) is 0 Å². The molecule has 0 aliphatic heterocycles. The molecule has 0 bridgehead atoms. The SMILES string of the molecule is Cn1ncc(C(=O)Nc2ccc(-c3ccccc3)cc2)c1C(=O)O. The molecule has 6 heteroatoms. The minimum Gasteiger partial charge on any atom is -0.477 e. The molecule has 0 unspecified atom stereocenters. The van der Waals surface area contributed by atoms with E-state index in [1.54, 1.807) is 12.1 Å². The maximum atomic E-state index is 12.3. The monoisotopic (exact) mass is 321 g/mol. The van der Waals surface area contributed by atoms with E-state index < -0.39 is 11.9 Å². The molecule has 0 saturated heterocycles. The highest BCUT2D eigenvalue weighted by atomic mass is 16.4. The van der Waals surface area contributed by atoms with Crippen LogP contribution in [0.1, 0.15) is 20.8 Å². The van der Waals surface area contributed by atoms with Crippen LogP contribution < -0.4 is 5.32 Å². The number of carbonyl (C=O) groups is 2. The maximum Gasteiger partial charge on any atom is 0.354 e. The van der Waals surface area contributed by atoms with Crippen LogP contribution in [0.15, 0.2) is 60.8 Å². The average molecular weight is 321 g/mol. The highest BCUT2D eigenvalue weighted by Crippen LogP contribution is 2.21. The number of hydrogen-bond acceptors (Lipinski definition) is 3. The molecule has 2 N–H and O–H groups in total. The van der Waals surface area contributed by atoms with Crippen molar-refractivity contribution in [1.82, 2.24) is 9.78 Å². The smallest absolute Gasteiger partial charge is 0.354 e. The van der Waals surface area contributed by atoms with E-state index in [2.05, 4.69) is 10.4 Å². The van der Waals surface area contributed by atoms with Crippen molar-refractivity contribution in [3.63, 3.8) is 0 Å². The zero-order valence-corrected chi connectivity index (χ0v) is 12.9. The van der Waals surface area contributed by atoms with Crippen molar-refractivity contribution in [3.05, 3.63) is 72.1 Å². The molecule has 0 spiro atoms. The van der Waals surface area contributed by atoms with Crippen molar-refractivity contribution in [1.29, 1.82) is 0 Å². The topological polar surface area (TPSA) is 84.2 Å². The summed E-state index contributed by atoms with van der Waals surface area (Å²) in [5.74, 6) is -1.70. The number of benzene rings is 2. The lowest BCUT2D eigenvalue weighted by atomic mass is 10.1. The third kappa shape index (κ3) is 3.03. The summed E-state index contributed by atoms with van der Waals surface area (Å²) < 4.78 is 1.16. The molecule has 6 nitrogen and oxygen atoms in total. The number of nitrogens with zero attached hydrogens (tertiary/aromatic N) is 2. The van der Waals surface area contributed by atoms with Crippen molar-refractivity contribution in [2.24, 2.45) is 7.05 Å². The average Bonchev–Trinajstić information content (AvgIpc) is 2.98. The number of anilines is 1. The van der Waals surface area contributed by atoms with Crippen LogP contribution in [0.25, 0.3) is 11.1 Å². The lowest BCUT2D eigenvalue weighted by molar-refractivity contribution is 0.0680. The Morgan fingerprint density at radius 1 is 1.00 bits per heavy atom. The molecule has 1 heterocycles. The Hall–Kier alpha value is -3.41. The summed E-state index contributed by atoms with van der Waals surface area (Å²) in [6.45, 7) is 0. The van der Waals surface area contributed by atoms with E-state index in [4.69, 9.17) is 0 Å². The number of aryl methyl sites for hydroxylation is 1. The molecule has 0 fully saturated rings. The van der Waals surface area contributed by atoms with Crippen LogP contribution in [0, 0.1) is 0 Å². The van der Waals surface area contributed by atoms with Crippen LogP contribution in [-0.4, -0.2) is 26.8 Å². The molecule has 0 radical (unpaired) electrons. The second-order valence-corrected chi connectivity index (χ2v) is 5.23. The predicted octanol–water partition coefficient (Wildman–Crippen LogP) is 3.04. The fraction of sp³-hybridized carbons (Fsp3) is 0.0556. The Morgan fingerprint density at radius 2 is 1.62 bits per heavy atom. The lowest BCUT2D eigenvalue weighted by Gasteiger charge is -2.07. The summed E-state index contributed by atoms with van der Waals surface area (Å²) in [5.41, 5.74) is 2.57. The fourth-order valence-corrected chi connectivity index (χ4v) is 2.43. The van der Waals surface area contributed by atoms with E-state index in [1.165, 1.54) is 13.2 Å². The number of aromatic nitrogens is 2. The number of amides is 1. The van der Waals surface area contributed by atoms with E-state index in [9.17, 15) is 14.7 Å². The van der Waals surface area contributed by atoms with Crippen LogP contribution in [-0.2, 0) is 7.05 Å². The minimum absolute atomic E-state index is 0.0251. The normalized spacial score (nSPS) is 10.4. The first kappa shape index (κ1) is 15.5. The highest BCUT2D eigenvalue weighted by Gasteiger charge is 2.21. The quantitative estimate of drug-likeness (QED) is 0.773. The lowest BCUT2D eigenvalue weighted by Crippen LogP contribution is -2.17. The molecule has 120 valence electrons. The Bertz CT molecular complexity index is 884. The van der Waals surface area contributed by atoms with E-state index in [1.807, 2.05) is 42.5 Å². The number of aromatic carboxylic acids is 1.